The Balaban J connectivity index is 2.00. The van der Waals surface area contributed by atoms with Crippen LogP contribution in [0.1, 0.15) is 41.6 Å². The number of methoxy groups -OCH3 is 1. The summed E-state index contributed by atoms with van der Waals surface area (Å²) >= 11 is 0. The number of piperidine rings is 1. The van der Waals surface area contributed by atoms with E-state index in [4.69, 9.17) is 4.74 Å². The molecule has 0 spiro atoms. The number of carbonyl (C=O) groups is 1. The molecule has 1 heterocycles. The molecule has 0 aromatic heterocycles. The molecule has 0 N–H and O–H groups in total. The normalized spacial score (nSPS) is 17.7. The van der Waals surface area contributed by atoms with Crippen molar-refractivity contribution >= 4 is 5.97 Å². The van der Waals surface area contributed by atoms with Crippen molar-refractivity contribution in [3.63, 3.8) is 0 Å². The summed E-state index contributed by atoms with van der Waals surface area (Å²) < 4.78 is 4.70. The summed E-state index contributed by atoms with van der Waals surface area (Å²) in [6.07, 6.45) is 2.43. The molecule has 1 saturated heterocycles. The number of ether oxygens (including phenoxy) is 1. The highest BCUT2D eigenvalue weighted by molar-refractivity contribution is 5.89. The second-order valence-corrected chi connectivity index (χ2v) is 4.82. The van der Waals surface area contributed by atoms with E-state index >= 15 is 0 Å². The van der Waals surface area contributed by atoms with Crippen LogP contribution >= 0.6 is 0 Å². The molecule has 1 aromatic carbocycles. The number of nitrogens with zero attached hydrogens (tertiary/aromatic N) is 1. The average molecular weight is 247 g/mol. The van der Waals surface area contributed by atoms with Gasteiger partial charge in [-0.25, -0.2) is 4.79 Å². The lowest BCUT2D eigenvalue weighted by Gasteiger charge is -2.31. The highest BCUT2D eigenvalue weighted by atomic mass is 16.5. The third-order valence-electron chi connectivity index (χ3n) is 3.84. The standard InChI is InChI=1S/C15H21NO2/c1-3-16-10-8-13(9-11-16)12-4-6-14(7-5-12)15(17)18-2/h4-7,13H,3,8-11H2,1-2H3. The second-order valence-electron chi connectivity index (χ2n) is 4.82. The fourth-order valence-corrected chi connectivity index (χ4v) is 2.59. The highest BCUT2D eigenvalue weighted by Gasteiger charge is 2.19. The van der Waals surface area contributed by atoms with E-state index in [0.717, 1.165) is 6.54 Å². The number of benzene rings is 1. The minimum atomic E-state index is -0.262. The molecule has 0 atom stereocenters. The zero-order valence-corrected chi connectivity index (χ0v) is 11.2. The molecule has 2 rings (SSSR count). The van der Waals surface area contributed by atoms with E-state index in [2.05, 4.69) is 24.0 Å². The van der Waals surface area contributed by atoms with Crippen LogP contribution in [0.25, 0.3) is 0 Å². The van der Waals surface area contributed by atoms with Crippen LogP contribution in [-0.4, -0.2) is 37.6 Å². The summed E-state index contributed by atoms with van der Waals surface area (Å²) in [6, 6.07) is 7.87. The van der Waals surface area contributed by atoms with Crippen LogP contribution in [0, 0.1) is 0 Å². The van der Waals surface area contributed by atoms with Crippen LogP contribution in [-0.2, 0) is 4.74 Å². The van der Waals surface area contributed by atoms with Crippen LogP contribution < -0.4 is 0 Å². The molecule has 1 aromatic rings. The van der Waals surface area contributed by atoms with Gasteiger partial charge in [-0.05, 0) is 56.1 Å². The number of hydrogen-bond donors (Lipinski definition) is 0. The van der Waals surface area contributed by atoms with Crippen molar-refractivity contribution in [2.24, 2.45) is 0 Å². The quantitative estimate of drug-likeness (QED) is 0.769. The van der Waals surface area contributed by atoms with Gasteiger partial charge in [0.2, 0.25) is 0 Å². The maximum Gasteiger partial charge on any atom is 0.337 e. The SMILES string of the molecule is CCN1CCC(c2ccc(C(=O)OC)cc2)CC1. The number of rotatable bonds is 3. The van der Waals surface area contributed by atoms with E-state index in [-0.39, 0.29) is 5.97 Å². The summed E-state index contributed by atoms with van der Waals surface area (Å²) in [5, 5.41) is 0. The molecule has 1 aliphatic heterocycles. The molecule has 18 heavy (non-hydrogen) atoms. The Morgan fingerprint density at radius 2 is 1.89 bits per heavy atom. The molecule has 0 unspecified atom stereocenters. The van der Waals surface area contributed by atoms with E-state index in [0.29, 0.717) is 11.5 Å². The zero-order valence-electron chi connectivity index (χ0n) is 11.2. The number of esters is 1. The van der Waals surface area contributed by atoms with Crippen molar-refractivity contribution in [1.29, 1.82) is 0 Å². The second kappa shape index (κ2) is 6.01. The third kappa shape index (κ3) is 2.91. The van der Waals surface area contributed by atoms with Gasteiger partial charge in [0.15, 0.2) is 0 Å². The van der Waals surface area contributed by atoms with Gasteiger partial charge in [-0.1, -0.05) is 19.1 Å². The van der Waals surface area contributed by atoms with E-state index < -0.39 is 0 Å². The molecule has 1 aliphatic rings. The maximum atomic E-state index is 11.4. The van der Waals surface area contributed by atoms with Crippen LogP contribution in [0.4, 0.5) is 0 Å². The van der Waals surface area contributed by atoms with E-state index in [1.165, 1.54) is 38.6 Å². The summed E-state index contributed by atoms with van der Waals surface area (Å²) in [6.45, 7) is 5.72. The van der Waals surface area contributed by atoms with Crippen molar-refractivity contribution in [2.45, 2.75) is 25.7 Å². The highest BCUT2D eigenvalue weighted by Crippen LogP contribution is 2.28. The zero-order chi connectivity index (χ0) is 13.0. The van der Waals surface area contributed by atoms with Gasteiger partial charge in [0.05, 0.1) is 12.7 Å². The fraction of sp³-hybridized carbons (Fsp3) is 0.533. The molecular weight excluding hydrogens is 226 g/mol. The molecule has 1 fully saturated rings. The van der Waals surface area contributed by atoms with E-state index in [1.54, 1.807) is 0 Å². The average Bonchev–Trinajstić information content (AvgIpc) is 2.47. The lowest BCUT2D eigenvalue weighted by molar-refractivity contribution is 0.0600. The predicted molar refractivity (Wildman–Crippen MR) is 71.9 cm³/mol. The Labute approximate surface area is 109 Å². The van der Waals surface area contributed by atoms with Gasteiger partial charge < -0.3 is 9.64 Å². The lowest BCUT2D eigenvalue weighted by Crippen LogP contribution is -2.32. The minimum absolute atomic E-state index is 0.262. The first kappa shape index (κ1) is 13.1. The van der Waals surface area contributed by atoms with Gasteiger partial charge in [0, 0.05) is 0 Å². The first-order valence-electron chi connectivity index (χ1n) is 6.65. The molecular formula is C15H21NO2. The van der Waals surface area contributed by atoms with Crippen molar-refractivity contribution in [1.82, 2.24) is 4.90 Å². The van der Waals surface area contributed by atoms with Crippen molar-refractivity contribution in [3.05, 3.63) is 35.4 Å². The summed E-state index contributed by atoms with van der Waals surface area (Å²) in [5.41, 5.74) is 1.98. The molecule has 0 bridgehead atoms. The molecule has 0 amide bonds. The Bertz CT molecular complexity index is 391. The molecule has 0 radical (unpaired) electrons. The molecule has 3 heteroatoms. The van der Waals surface area contributed by atoms with Crippen molar-refractivity contribution in [3.8, 4) is 0 Å². The van der Waals surface area contributed by atoms with Gasteiger partial charge >= 0.3 is 5.97 Å². The van der Waals surface area contributed by atoms with Gasteiger partial charge in [0.1, 0.15) is 0 Å². The van der Waals surface area contributed by atoms with Crippen molar-refractivity contribution < 1.29 is 9.53 Å². The maximum absolute atomic E-state index is 11.4. The largest absolute Gasteiger partial charge is 0.465 e. The molecule has 0 aliphatic carbocycles. The molecule has 98 valence electrons. The van der Waals surface area contributed by atoms with Gasteiger partial charge in [-0.2, -0.15) is 0 Å². The number of likely N-dealkylation sites (tertiary alicyclic amines) is 1. The van der Waals surface area contributed by atoms with E-state index in [1.807, 2.05) is 12.1 Å². The van der Waals surface area contributed by atoms with Gasteiger partial charge in [-0.3, -0.25) is 0 Å². The van der Waals surface area contributed by atoms with Crippen LogP contribution in [0.2, 0.25) is 0 Å². The summed E-state index contributed by atoms with van der Waals surface area (Å²) in [7, 11) is 1.41. The smallest absolute Gasteiger partial charge is 0.337 e. The number of hydrogen-bond acceptors (Lipinski definition) is 3. The van der Waals surface area contributed by atoms with Crippen molar-refractivity contribution in [2.75, 3.05) is 26.7 Å². The monoisotopic (exact) mass is 247 g/mol. The Morgan fingerprint density at radius 3 is 2.39 bits per heavy atom. The fourth-order valence-electron chi connectivity index (χ4n) is 2.59. The predicted octanol–water partition coefficient (Wildman–Crippen LogP) is 2.67. The van der Waals surface area contributed by atoms with Crippen LogP contribution in [0.3, 0.4) is 0 Å². The first-order valence-corrected chi connectivity index (χ1v) is 6.65. The third-order valence-corrected chi connectivity index (χ3v) is 3.84. The molecule has 0 saturated carbocycles. The molecule has 3 nitrogen and oxygen atoms in total. The minimum Gasteiger partial charge on any atom is -0.465 e. The Hall–Kier alpha value is -1.35. The van der Waals surface area contributed by atoms with Gasteiger partial charge in [-0.15, -0.1) is 0 Å². The summed E-state index contributed by atoms with van der Waals surface area (Å²) in [4.78, 5) is 13.8. The van der Waals surface area contributed by atoms with Crippen LogP contribution in [0.15, 0.2) is 24.3 Å². The van der Waals surface area contributed by atoms with Crippen LogP contribution in [0.5, 0.6) is 0 Å². The Kier molecular flexibility index (Phi) is 4.37. The Morgan fingerprint density at radius 1 is 1.28 bits per heavy atom. The lowest BCUT2D eigenvalue weighted by atomic mass is 9.89. The summed E-state index contributed by atoms with van der Waals surface area (Å²) in [5.74, 6) is 0.377. The van der Waals surface area contributed by atoms with E-state index in [9.17, 15) is 4.79 Å². The van der Waals surface area contributed by atoms with Gasteiger partial charge in [0.25, 0.3) is 0 Å². The number of carbonyl (C=O) groups excluding carboxylic acids is 1. The topological polar surface area (TPSA) is 29.5 Å². The first-order chi connectivity index (χ1) is 8.74.